The lowest BCUT2D eigenvalue weighted by atomic mass is 10.1. The smallest absolute Gasteiger partial charge is 0.264 e. The van der Waals surface area contributed by atoms with Crippen molar-refractivity contribution in [3.8, 4) is 11.4 Å². The summed E-state index contributed by atoms with van der Waals surface area (Å²) >= 11 is 1.36. The molecular formula is C22H20F2N6OS. The van der Waals surface area contributed by atoms with Gasteiger partial charge in [-0.05, 0) is 38.0 Å². The maximum absolute atomic E-state index is 13.9. The van der Waals surface area contributed by atoms with Crippen LogP contribution in [0.25, 0.3) is 22.4 Å². The lowest BCUT2D eigenvalue weighted by molar-refractivity contribution is 0.102. The van der Waals surface area contributed by atoms with Crippen LogP contribution in [-0.2, 0) is 0 Å². The summed E-state index contributed by atoms with van der Waals surface area (Å²) in [7, 11) is 0. The largest absolute Gasteiger partial charge is 0.372 e. The van der Waals surface area contributed by atoms with Crippen LogP contribution in [0.3, 0.4) is 0 Å². The van der Waals surface area contributed by atoms with Gasteiger partial charge in [-0.15, -0.1) is 11.3 Å². The number of H-pyrrole nitrogens is 1. The highest BCUT2D eigenvalue weighted by Gasteiger charge is 2.22. The standard InChI is InChI=1S/C22H20F2N6OS/c1-12-9-26-22(32-12)29-21(31)16-10-25-11-17-18(16)28-20(27-17)14-5-4-13(8-15(14)19(23)24)30-6-2-3-7-30/h4-5,8-11,19H,2-3,6-7H2,1H3,(H,27,28)(H,26,29,31). The molecule has 4 aromatic rings. The number of hydrogen-bond acceptors (Lipinski definition) is 6. The van der Waals surface area contributed by atoms with Crippen molar-refractivity contribution in [1.82, 2.24) is 19.9 Å². The SMILES string of the molecule is Cc1cnc(NC(=O)c2cncc3[nH]c(-c4ccc(N5CCCC5)cc4C(F)F)nc23)s1. The third-order valence-electron chi connectivity index (χ3n) is 5.48. The molecule has 7 nitrogen and oxygen atoms in total. The Morgan fingerprint density at radius 2 is 2.03 bits per heavy atom. The molecule has 0 unspecified atom stereocenters. The first-order valence-corrected chi connectivity index (χ1v) is 11.1. The molecule has 1 aromatic carbocycles. The van der Waals surface area contributed by atoms with E-state index < -0.39 is 12.3 Å². The number of benzene rings is 1. The average Bonchev–Trinajstić information content (AvgIpc) is 3.53. The number of fused-ring (bicyclic) bond motifs is 1. The van der Waals surface area contributed by atoms with E-state index in [1.807, 2.05) is 13.0 Å². The van der Waals surface area contributed by atoms with Gasteiger partial charge in [-0.2, -0.15) is 0 Å². The summed E-state index contributed by atoms with van der Waals surface area (Å²) in [5, 5.41) is 3.21. The third-order valence-corrected chi connectivity index (χ3v) is 6.31. The van der Waals surface area contributed by atoms with Gasteiger partial charge in [-0.25, -0.2) is 18.7 Å². The normalized spacial score (nSPS) is 13.9. The predicted octanol–water partition coefficient (Wildman–Crippen LogP) is 5.18. The first kappa shape index (κ1) is 20.5. The molecule has 0 spiro atoms. The number of carbonyl (C=O) groups excluding carboxylic acids is 1. The summed E-state index contributed by atoms with van der Waals surface area (Å²) in [6.07, 6.45) is 4.07. The zero-order chi connectivity index (χ0) is 22.2. The van der Waals surface area contributed by atoms with E-state index in [0.29, 0.717) is 21.7 Å². The number of nitrogens with zero attached hydrogens (tertiary/aromatic N) is 4. The molecular weight excluding hydrogens is 434 g/mol. The molecule has 0 atom stereocenters. The van der Waals surface area contributed by atoms with Crippen LogP contribution < -0.4 is 10.2 Å². The summed E-state index contributed by atoms with van der Waals surface area (Å²) in [6, 6.07) is 5.05. The maximum Gasteiger partial charge on any atom is 0.264 e. The first-order chi connectivity index (χ1) is 15.5. The highest BCUT2D eigenvalue weighted by Crippen LogP contribution is 2.35. The molecule has 32 heavy (non-hydrogen) atoms. The summed E-state index contributed by atoms with van der Waals surface area (Å²) in [5.41, 5.74) is 2.10. The Balaban J connectivity index is 1.52. The van der Waals surface area contributed by atoms with Gasteiger partial charge in [0, 0.05) is 47.2 Å². The van der Waals surface area contributed by atoms with E-state index in [9.17, 15) is 13.6 Å². The molecule has 1 saturated heterocycles. The molecule has 5 rings (SSSR count). The van der Waals surface area contributed by atoms with Gasteiger partial charge in [-0.1, -0.05) is 0 Å². The molecule has 3 aromatic heterocycles. The zero-order valence-electron chi connectivity index (χ0n) is 17.2. The Kier molecular flexibility index (Phi) is 5.30. The Morgan fingerprint density at radius 1 is 1.22 bits per heavy atom. The Morgan fingerprint density at radius 3 is 2.75 bits per heavy atom. The van der Waals surface area contributed by atoms with E-state index in [0.717, 1.165) is 36.5 Å². The van der Waals surface area contributed by atoms with Crippen molar-refractivity contribution in [3.05, 3.63) is 52.8 Å². The number of aryl methyl sites for hydroxylation is 1. The summed E-state index contributed by atoms with van der Waals surface area (Å²) < 4.78 is 27.9. The number of nitrogens with one attached hydrogen (secondary N) is 2. The number of rotatable bonds is 5. The number of alkyl halides is 2. The van der Waals surface area contributed by atoms with Gasteiger partial charge in [0.1, 0.15) is 11.3 Å². The second kappa shape index (κ2) is 8.27. The number of thiazole rings is 1. The molecule has 4 heterocycles. The highest BCUT2D eigenvalue weighted by atomic mass is 32.1. The van der Waals surface area contributed by atoms with Crippen LogP contribution in [0.2, 0.25) is 0 Å². The fraction of sp³-hybridized carbons (Fsp3) is 0.273. The van der Waals surface area contributed by atoms with Gasteiger partial charge in [0.15, 0.2) is 5.13 Å². The van der Waals surface area contributed by atoms with Crippen LogP contribution in [0.5, 0.6) is 0 Å². The predicted molar refractivity (Wildman–Crippen MR) is 121 cm³/mol. The summed E-state index contributed by atoms with van der Waals surface area (Å²) in [6.45, 7) is 3.63. The topological polar surface area (TPSA) is 86.8 Å². The first-order valence-electron chi connectivity index (χ1n) is 10.2. The van der Waals surface area contributed by atoms with E-state index in [1.54, 1.807) is 12.3 Å². The molecule has 0 radical (unpaired) electrons. The van der Waals surface area contributed by atoms with Crippen molar-refractivity contribution in [2.75, 3.05) is 23.3 Å². The number of imidazole rings is 1. The Bertz CT molecular complexity index is 1290. The van der Waals surface area contributed by atoms with Crippen LogP contribution in [0.15, 0.2) is 36.8 Å². The van der Waals surface area contributed by atoms with Crippen molar-refractivity contribution < 1.29 is 13.6 Å². The number of halogens is 2. The van der Waals surface area contributed by atoms with Gasteiger partial charge in [0.2, 0.25) is 0 Å². The molecule has 1 amide bonds. The number of aromatic amines is 1. The number of aromatic nitrogens is 4. The van der Waals surface area contributed by atoms with Gasteiger partial charge < -0.3 is 9.88 Å². The minimum absolute atomic E-state index is 0.0920. The molecule has 1 aliphatic rings. The van der Waals surface area contributed by atoms with Crippen LogP contribution in [0.4, 0.5) is 19.6 Å². The molecule has 1 fully saturated rings. The average molecular weight is 455 g/mol. The second-order valence-corrected chi connectivity index (χ2v) is 8.90. The molecule has 2 N–H and O–H groups in total. The maximum atomic E-state index is 13.9. The monoisotopic (exact) mass is 454 g/mol. The summed E-state index contributed by atoms with van der Waals surface area (Å²) in [5.74, 6) is -0.135. The second-order valence-electron chi connectivity index (χ2n) is 7.67. The van der Waals surface area contributed by atoms with E-state index in [4.69, 9.17) is 0 Å². The summed E-state index contributed by atoms with van der Waals surface area (Å²) in [4.78, 5) is 31.7. The number of hydrogen-bond donors (Lipinski definition) is 2. The van der Waals surface area contributed by atoms with Gasteiger partial charge in [-0.3, -0.25) is 15.1 Å². The molecule has 0 saturated carbocycles. The Hall–Kier alpha value is -3.40. The number of anilines is 2. The van der Waals surface area contributed by atoms with E-state index in [-0.39, 0.29) is 17.0 Å². The lowest BCUT2D eigenvalue weighted by Crippen LogP contribution is -2.17. The third kappa shape index (κ3) is 3.81. The van der Waals surface area contributed by atoms with Crippen LogP contribution >= 0.6 is 11.3 Å². The number of amides is 1. The molecule has 0 aliphatic carbocycles. The van der Waals surface area contributed by atoms with Gasteiger partial charge in [0.05, 0.1) is 17.3 Å². The molecule has 164 valence electrons. The zero-order valence-corrected chi connectivity index (χ0v) is 18.0. The van der Waals surface area contributed by atoms with Crippen molar-refractivity contribution in [1.29, 1.82) is 0 Å². The van der Waals surface area contributed by atoms with Crippen molar-refractivity contribution in [2.24, 2.45) is 0 Å². The molecule has 10 heteroatoms. The quantitative estimate of drug-likeness (QED) is 0.434. The Labute approximate surface area is 186 Å². The number of pyridine rings is 1. The molecule has 0 bridgehead atoms. The van der Waals surface area contributed by atoms with Crippen molar-refractivity contribution in [3.63, 3.8) is 0 Å². The van der Waals surface area contributed by atoms with Crippen LogP contribution in [0, 0.1) is 6.92 Å². The van der Waals surface area contributed by atoms with Crippen molar-refractivity contribution in [2.45, 2.75) is 26.2 Å². The highest BCUT2D eigenvalue weighted by molar-refractivity contribution is 7.15. The van der Waals surface area contributed by atoms with E-state index in [2.05, 4.69) is 30.2 Å². The van der Waals surface area contributed by atoms with Gasteiger partial charge in [0.25, 0.3) is 12.3 Å². The van der Waals surface area contributed by atoms with Gasteiger partial charge >= 0.3 is 0 Å². The van der Waals surface area contributed by atoms with E-state index >= 15 is 0 Å². The number of carbonyl (C=O) groups is 1. The molecule has 1 aliphatic heterocycles. The van der Waals surface area contributed by atoms with E-state index in [1.165, 1.54) is 29.8 Å². The fourth-order valence-corrected chi connectivity index (χ4v) is 4.58. The van der Waals surface area contributed by atoms with Crippen LogP contribution in [0.1, 0.15) is 40.1 Å². The minimum Gasteiger partial charge on any atom is -0.372 e. The lowest BCUT2D eigenvalue weighted by Gasteiger charge is -2.19. The minimum atomic E-state index is -2.66. The van der Waals surface area contributed by atoms with Crippen molar-refractivity contribution >= 4 is 39.1 Å². The van der Waals surface area contributed by atoms with Crippen LogP contribution in [-0.4, -0.2) is 38.9 Å². The fourth-order valence-electron chi connectivity index (χ4n) is 3.92.